The zero-order valence-electron chi connectivity index (χ0n) is 13.8. The van der Waals surface area contributed by atoms with Crippen molar-refractivity contribution >= 4 is 0 Å². The highest BCUT2D eigenvalue weighted by atomic mass is 15.2. The van der Waals surface area contributed by atoms with Gasteiger partial charge in [0.15, 0.2) is 0 Å². The molecule has 0 amide bonds. The molecule has 0 aromatic rings. The van der Waals surface area contributed by atoms with Gasteiger partial charge in [-0.25, -0.2) is 0 Å². The van der Waals surface area contributed by atoms with Gasteiger partial charge < -0.3 is 5.32 Å². The molecule has 0 spiro atoms. The Kier molecular flexibility index (Phi) is 4.62. The maximum Gasteiger partial charge on any atom is 0.0195 e. The van der Waals surface area contributed by atoms with Crippen LogP contribution in [0.25, 0.3) is 0 Å². The lowest BCUT2D eigenvalue weighted by Gasteiger charge is -2.50. The van der Waals surface area contributed by atoms with Gasteiger partial charge in [-0.2, -0.15) is 0 Å². The molecule has 0 aromatic carbocycles. The van der Waals surface area contributed by atoms with Crippen molar-refractivity contribution in [3.8, 4) is 0 Å². The van der Waals surface area contributed by atoms with E-state index in [1.54, 1.807) is 0 Å². The number of nitrogens with zero attached hydrogens (tertiary/aromatic N) is 1. The van der Waals surface area contributed by atoms with Crippen molar-refractivity contribution in [2.45, 2.75) is 78.8 Å². The zero-order chi connectivity index (χ0) is 14.1. The van der Waals surface area contributed by atoms with E-state index in [2.05, 4.69) is 44.8 Å². The van der Waals surface area contributed by atoms with E-state index in [9.17, 15) is 0 Å². The second-order valence-corrected chi connectivity index (χ2v) is 8.50. The van der Waals surface area contributed by atoms with Gasteiger partial charge in [-0.3, -0.25) is 4.90 Å². The van der Waals surface area contributed by atoms with E-state index >= 15 is 0 Å². The minimum absolute atomic E-state index is 0.511. The van der Waals surface area contributed by atoms with Gasteiger partial charge in [-0.05, 0) is 36.5 Å². The van der Waals surface area contributed by atoms with Crippen molar-refractivity contribution < 1.29 is 0 Å². The fourth-order valence-electron chi connectivity index (χ4n) is 4.77. The molecule has 0 aromatic heterocycles. The second kappa shape index (κ2) is 5.73. The SMILES string of the molecule is CCCC1CN(C2CC(C)(C)CC(C)(C)C2)CCN1. The molecule has 2 fully saturated rings. The summed E-state index contributed by atoms with van der Waals surface area (Å²) in [6.45, 7) is 15.9. The summed E-state index contributed by atoms with van der Waals surface area (Å²) in [4.78, 5) is 2.79. The van der Waals surface area contributed by atoms with Crippen LogP contribution in [0.2, 0.25) is 0 Å². The van der Waals surface area contributed by atoms with E-state index in [0.717, 1.165) is 12.1 Å². The lowest BCUT2D eigenvalue weighted by atomic mass is 9.63. The first-order chi connectivity index (χ1) is 8.81. The molecule has 0 radical (unpaired) electrons. The summed E-state index contributed by atoms with van der Waals surface area (Å²) < 4.78 is 0. The van der Waals surface area contributed by atoms with Crippen molar-refractivity contribution in [2.75, 3.05) is 19.6 Å². The van der Waals surface area contributed by atoms with E-state index in [0.29, 0.717) is 10.8 Å². The van der Waals surface area contributed by atoms with Gasteiger partial charge in [0.2, 0.25) is 0 Å². The van der Waals surface area contributed by atoms with Gasteiger partial charge in [-0.1, -0.05) is 41.0 Å². The number of piperazine rings is 1. The maximum atomic E-state index is 3.69. The molecule has 1 atom stereocenters. The Morgan fingerprint density at radius 2 is 1.74 bits per heavy atom. The summed E-state index contributed by atoms with van der Waals surface area (Å²) in [5.41, 5.74) is 1.02. The minimum atomic E-state index is 0.511. The molecule has 1 saturated carbocycles. The van der Waals surface area contributed by atoms with Gasteiger partial charge in [0, 0.05) is 31.7 Å². The Bertz CT molecular complexity index is 278. The van der Waals surface area contributed by atoms with Crippen LogP contribution in [-0.2, 0) is 0 Å². The van der Waals surface area contributed by atoms with Gasteiger partial charge in [0.25, 0.3) is 0 Å². The lowest BCUT2D eigenvalue weighted by molar-refractivity contribution is 0.0116. The molecule has 2 rings (SSSR count). The predicted octanol–water partition coefficient (Wildman–Crippen LogP) is 3.67. The van der Waals surface area contributed by atoms with Crippen LogP contribution in [0, 0.1) is 10.8 Å². The average molecular weight is 266 g/mol. The Labute approximate surface area is 120 Å². The second-order valence-electron chi connectivity index (χ2n) is 8.50. The van der Waals surface area contributed by atoms with E-state index in [4.69, 9.17) is 0 Å². The summed E-state index contributed by atoms with van der Waals surface area (Å²) in [6.07, 6.45) is 6.77. The Morgan fingerprint density at radius 3 is 2.32 bits per heavy atom. The maximum absolute atomic E-state index is 3.69. The molecule has 0 bridgehead atoms. The number of hydrogen-bond donors (Lipinski definition) is 1. The van der Waals surface area contributed by atoms with Crippen LogP contribution in [0.1, 0.15) is 66.7 Å². The fraction of sp³-hybridized carbons (Fsp3) is 1.00. The first kappa shape index (κ1) is 15.3. The molecule has 2 heteroatoms. The molecular formula is C17H34N2. The van der Waals surface area contributed by atoms with Crippen molar-refractivity contribution in [1.29, 1.82) is 0 Å². The van der Waals surface area contributed by atoms with Crippen LogP contribution in [0.15, 0.2) is 0 Å². The first-order valence-electron chi connectivity index (χ1n) is 8.29. The highest BCUT2D eigenvalue weighted by Crippen LogP contribution is 2.47. The largest absolute Gasteiger partial charge is 0.311 e. The van der Waals surface area contributed by atoms with Crippen molar-refractivity contribution in [1.82, 2.24) is 10.2 Å². The first-order valence-corrected chi connectivity index (χ1v) is 8.29. The van der Waals surface area contributed by atoms with Crippen LogP contribution in [0.5, 0.6) is 0 Å². The molecule has 1 N–H and O–H groups in total. The van der Waals surface area contributed by atoms with E-state index in [1.807, 2.05) is 0 Å². The zero-order valence-corrected chi connectivity index (χ0v) is 13.8. The Morgan fingerprint density at radius 1 is 1.11 bits per heavy atom. The molecule has 19 heavy (non-hydrogen) atoms. The molecule has 2 aliphatic rings. The van der Waals surface area contributed by atoms with Crippen molar-refractivity contribution in [3.63, 3.8) is 0 Å². The monoisotopic (exact) mass is 266 g/mol. The average Bonchev–Trinajstić information content (AvgIpc) is 2.25. The summed E-state index contributed by atoms with van der Waals surface area (Å²) in [5.74, 6) is 0. The number of nitrogens with one attached hydrogen (secondary N) is 1. The lowest BCUT2D eigenvalue weighted by Crippen LogP contribution is -2.56. The minimum Gasteiger partial charge on any atom is -0.311 e. The van der Waals surface area contributed by atoms with Crippen LogP contribution < -0.4 is 5.32 Å². The number of hydrogen-bond acceptors (Lipinski definition) is 2. The Hall–Kier alpha value is -0.0800. The van der Waals surface area contributed by atoms with Gasteiger partial charge >= 0.3 is 0 Å². The molecular weight excluding hydrogens is 232 g/mol. The summed E-state index contributed by atoms with van der Waals surface area (Å²) >= 11 is 0. The summed E-state index contributed by atoms with van der Waals surface area (Å²) in [7, 11) is 0. The van der Waals surface area contributed by atoms with E-state index in [1.165, 1.54) is 51.7 Å². The molecule has 1 heterocycles. The highest BCUT2D eigenvalue weighted by molar-refractivity contribution is 4.95. The normalized spacial score (nSPS) is 32.4. The predicted molar refractivity (Wildman–Crippen MR) is 83.5 cm³/mol. The quantitative estimate of drug-likeness (QED) is 0.838. The van der Waals surface area contributed by atoms with Gasteiger partial charge in [0.1, 0.15) is 0 Å². The van der Waals surface area contributed by atoms with E-state index < -0.39 is 0 Å². The molecule has 1 aliphatic carbocycles. The standard InChI is InChI=1S/C17H34N2/c1-6-7-14-12-19(9-8-18-14)15-10-16(2,3)13-17(4,5)11-15/h14-15,18H,6-13H2,1-5H3. The van der Waals surface area contributed by atoms with Crippen molar-refractivity contribution in [3.05, 3.63) is 0 Å². The third kappa shape index (κ3) is 4.19. The summed E-state index contributed by atoms with van der Waals surface area (Å²) in [5, 5.41) is 3.69. The van der Waals surface area contributed by atoms with Crippen LogP contribution >= 0.6 is 0 Å². The fourth-order valence-corrected chi connectivity index (χ4v) is 4.77. The van der Waals surface area contributed by atoms with Gasteiger partial charge in [0.05, 0.1) is 0 Å². The topological polar surface area (TPSA) is 15.3 Å². The van der Waals surface area contributed by atoms with Crippen LogP contribution in [0.3, 0.4) is 0 Å². The summed E-state index contributed by atoms with van der Waals surface area (Å²) in [6, 6.07) is 1.53. The molecule has 1 unspecified atom stereocenters. The number of rotatable bonds is 3. The molecule has 112 valence electrons. The van der Waals surface area contributed by atoms with Crippen LogP contribution in [-0.4, -0.2) is 36.6 Å². The Balaban J connectivity index is 2.00. The van der Waals surface area contributed by atoms with Crippen LogP contribution in [0.4, 0.5) is 0 Å². The molecule has 1 aliphatic heterocycles. The van der Waals surface area contributed by atoms with Gasteiger partial charge in [-0.15, -0.1) is 0 Å². The molecule has 1 saturated heterocycles. The highest BCUT2D eigenvalue weighted by Gasteiger charge is 2.41. The molecule has 2 nitrogen and oxygen atoms in total. The van der Waals surface area contributed by atoms with Crippen molar-refractivity contribution in [2.24, 2.45) is 10.8 Å². The third-order valence-corrected chi connectivity index (χ3v) is 4.97. The third-order valence-electron chi connectivity index (χ3n) is 4.97. The smallest absolute Gasteiger partial charge is 0.0195 e. The van der Waals surface area contributed by atoms with E-state index in [-0.39, 0.29) is 0 Å².